The minimum Gasteiger partial charge on any atom is -0.508 e. The fourth-order valence-corrected chi connectivity index (χ4v) is 3.74. The summed E-state index contributed by atoms with van der Waals surface area (Å²) in [5, 5.41) is 9.35. The standard InChI is InChI=1S/C18H28N2O2/c1-15(20-10-12-22-13-11-20)17-6-8-19(9-7-17)14-16-2-4-18(21)5-3-16/h2-5,15,17,21H,6-14H2,1H3/t15-/m1/s1. The minimum atomic E-state index is 0.349. The molecule has 0 spiro atoms. The topological polar surface area (TPSA) is 35.9 Å². The summed E-state index contributed by atoms with van der Waals surface area (Å²) in [6.07, 6.45) is 2.58. The molecule has 1 atom stereocenters. The van der Waals surface area contributed by atoms with Gasteiger partial charge in [-0.2, -0.15) is 0 Å². The van der Waals surface area contributed by atoms with E-state index in [1.807, 2.05) is 12.1 Å². The molecule has 4 heteroatoms. The molecule has 22 heavy (non-hydrogen) atoms. The van der Waals surface area contributed by atoms with Gasteiger partial charge < -0.3 is 9.84 Å². The first-order chi connectivity index (χ1) is 10.7. The normalized spacial score (nSPS) is 23.5. The summed E-state index contributed by atoms with van der Waals surface area (Å²) in [6.45, 7) is 9.73. The van der Waals surface area contributed by atoms with Crippen molar-refractivity contribution in [1.82, 2.24) is 9.80 Å². The number of benzene rings is 1. The summed E-state index contributed by atoms with van der Waals surface area (Å²) in [5.41, 5.74) is 1.29. The van der Waals surface area contributed by atoms with Gasteiger partial charge in [-0.15, -0.1) is 0 Å². The van der Waals surface area contributed by atoms with Crippen LogP contribution in [0.3, 0.4) is 0 Å². The van der Waals surface area contributed by atoms with Crippen LogP contribution in [-0.4, -0.2) is 60.3 Å². The van der Waals surface area contributed by atoms with Crippen molar-refractivity contribution in [3.8, 4) is 5.75 Å². The number of likely N-dealkylation sites (tertiary alicyclic amines) is 1. The van der Waals surface area contributed by atoms with Crippen molar-refractivity contribution in [2.45, 2.75) is 32.4 Å². The van der Waals surface area contributed by atoms with E-state index in [4.69, 9.17) is 4.74 Å². The lowest BCUT2D eigenvalue weighted by Gasteiger charge is -2.41. The van der Waals surface area contributed by atoms with Crippen LogP contribution in [0.1, 0.15) is 25.3 Å². The van der Waals surface area contributed by atoms with E-state index in [1.165, 1.54) is 31.5 Å². The van der Waals surface area contributed by atoms with E-state index in [2.05, 4.69) is 16.7 Å². The van der Waals surface area contributed by atoms with E-state index in [-0.39, 0.29) is 0 Å². The van der Waals surface area contributed by atoms with Crippen LogP contribution >= 0.6 is 0 Å². The van der Waals surface area contributed by atoms with E-state index < -0.39 is 0 Å². The number of phenols is 1. The Labute approximate surface area is 133 Å². The highest BCUT2D eigenvalue weighted by Gasteiger charge is 2.28. The summed E-state index contributed by atoms with van der Waals surface area (Å²) >= 11 is 0. The number of hydrogen-bond donors (Lipinski definition) is 1. The lowest BCUT2D eigenvalue weighted by molar-refractivity contribution is -0.00192. The number of phenolic OH excluding ortho intramolecular Hbond substituents is 1. The first-order valence-electron chi connectivity index (χ1n) is 8.54. The third kappa shape index (κ3) is 4.00. The summed E-state index contributed by atoms with van der Waals surface area (Å²) in [7, 11) is 0. The van der Waals surface area contributed by atoms with Crippen LogP contribution in [0, 0.1) is 5.92 Å². The van der Waals surface area contributed by atoms with Crippen LogP contribution in [0.25, 0.3) is 0 Å². The van der Waals surface area contributed by atoms with E-state index in [0.29, 0.717) is 11.8 Å². The molecule has 0 aliphatic carbocycles. The van der Waals surface area contributed by atoms with Gasteiger partial charge in [-0.05, 0) is 56.5 Å². The van der Waals surface area contributed by atoms with Gasteiger partial charge in [0, 0.05) is 25.7 Å². The zero-order chi connectivity index (χ0) is 15.4. The van der Waals surface area contributed by atoms with Crippen LogP contribution in [0.2, 0.25) is 0 Å². The van der Waals surface area contributed by atoms with Crippen LogP contribution in [0.15, 0.2) is 24.3 Å². The molecule has 4 nitrogen and oxygen atoms in total. The smallest absolute Gasteiger partial charge is 0.115 e. The Morgan fingerprint density at radius 2 is 1.73 bits per heavy atom. The van der Waals surface area contributed by atoms with Crippen LogP contribution in [-0.2, 0) is 11.3 Å². The van der Waals surface area contributed by atoms with E-state index >= 15 is 0 Å². The van der Waals surface area contributed by atoms with E-state index in [0.717, 1.165) is 38.8 Å². The summed E-state index contributed by atoms with van der Waals surface area (Å²) < 4.78 is 5.46. The molecule has 122 valence electrons. The van der Waals surface area contributed by atoms with Crippen molar-refractivity contribution in [3.05, 3.63) is 29.8 Å². The molecule has 1 N–H and O–H groups in total. The Hall–Kier alpha value is -1.10. The van der Waals surface area contributed by atoms with Gasteiger partial charge in [0.15, 0.2) is 0 Å². The molecule has 1 aromatic carbocycles. The number of piperidine rings is 1. The lowest BCUT2D eigenvalue weighted by Crippen LogP contribution is -2.48. The number of aromatic hydroxyl groups is 1. The predicted octanol–water partition coefficient (Wildman–Crippen LogP) is 2.32. The fraction of sp³-hybridized carbons (Fsp3) is 0.667. The second-order valence-corrected chi connectivity index (χ2v) is 6.67. The van der Waals surface area contributed by atoms with Gasteiger partial charge in [0.05, 0.1) is 13.2 Å². The van der Waals surface area contributed by atoms with E-state index in [1.54, 1.807) is 12.1 Å². The Morgan fingerprint density at radius 3 is 2.36 bits per heavy atom. The third-order valence-corrected chi connectivity index (χ3v) is 5.28. The van der Waals surface area contributed by atoms with Gasteiger partial charge in [-0.3, -0.25) is 9.80 Å². The molecule has 0 unspecified atom stereocenters. The maximum absolute atomic E-state index is 9.35. The summed E-state index contributed by atoms with van der Waals surface area (Å²) in [4.78, 5) is 5.14. The molecule has 2 aliphatic heterocycles. The number of morpholine rings is 1. The average Bonchev–Trinajstić information content (AvgIpc) is 2.58. The van der Waals surface area contributed by atoms with Gasteiger partial charge in [-0.1, -0.05) is 12.1 Å². The largest absolute Gasteiger partial charge is 0.508 e. The zero-order valence-electron chi connectivity index (χ0n) is 13.6. The van der Waals surface area contributed by atoms with Crippen molar-refractivity contribution in [1.29, 1.82) is 0 Å². The van der Waals surface area contributed by atoms with Gasteiger partial charge in [0.25, 0.3) is 0 Å². The quantitative estimate of drug-likeness (QED) is 0.926. The van der Waals surface area contributed by atoms with E-state index in [9.17, 15) is 5.11 Å². The van der Waals surface area contributed by atoms with Crippen LogP contribution in [0.4, 0.5) is 0 Å². The van der Waals surface area contributed by atoms with Gasteiger partial charge in [0.1, 0.15) is 5.75 Å². The maximum atomic E-state index is 9.35. The fourth-order valence-electron chi connectivity index (χ4n) is 3.74. The Kier molecular flexibility index (Phi) is 5.34. The lowest BCUT2D eigenvalue weighted by atomic mass is 9.89. The summed E-state index contributed by atoms with van der Waals surface area (Å²) in [5.74, 6) is 1.16. The van der Waals surface area contributed by atoms with Gasteiger partial charge in [-0.25, -0.2) is 0 Å². The molecule has 0 saturated carbocycles. The first-order valence-corrected chi connectivity index (χ1v) is 8.54. The molecule has 0 bridgehead atoms. The Morgan fingerprint density at radius 1 is 1.09 bits per heavy atom. The molecule has 0 amide bonds. The molecule has 3 rings (SSSR count). The van der Waals surface area contributed by atoms with Crippen molar-refractivity contribution in [3.63, 3.8) is 0 Å². The second-order valence-electron chi connectivity index (χ2n) is 6.67. The number of nitrogens with zero attached hydrogens (tertiary/aromatic N) is 2. The predicted molar refractivity (Wildman–Crippen MR) is 88.0 cm³/mol. The minimum absolute atomic E-state index is 0.349. The van der Waals surface area contributed by atoms with Crippen LogP contribution in [0.5, 0.6) is 5.75 Å². The third-order valence-electron chi connectivity index (χ3n) is 5.28. The van der Waals surface area contributed by atoms with Crippen molar-refractivity contribution in [2.75, 3.05) is 39.4 Å². The molecular weight excluding hydrogens is 276 g/mol. The highest BCUT2D eigenvalue weighted by Crippen LogP contribution is 2.25. The van der Waals surface area contributed by atoms with Gasteiger partial charge >= 0.3 is 0 Å². The molecule has 0 aromatic heterocycles. The maximum Gasteiger partial charge on any atom is 0.115 e. The molecule has 2 heterocycles. The number of ether oxygens (including phenoxy) is 1. The highest BCUT2D eigenvalue weighted by molar-refractivity contribution is 5.25. The van der Waals surface area contributed by atoms with Crippen LogP contribution < -0.4 is 0 Å². The Bertz CT molecular complexity index is 449. The second kappa shape index (κ2) is 7.44. The molecule has 2 aliphatic rings. The molecule has 2 fully saturated rings. The number of hydrogen-bond acceptors (Lipinski definition) is 4. The summed E-state index contributed by atoms with van der Waals surface area (Å²) in [6, 6.07) is 8.29. The molecular formula is C18H28N2O2. The van der Waals surface area contributed by atoms with Gasteiger partial charge in [0.2, 0.25) is 0 Å². The van der Waals surface area contributed by atoms with Crippen molar-refractivity contribution in [2.24, 2.45) is 5.92 Å². The molecule has 2 saturated heterocycles. The molecule has 0 radical (unpaired) electrons. The number of rotatable bonds is 4. The zero-order valence-corrected chi connectivity index (χ0v) is 13.6. The first kappa shape index (κ1) is 15.8. The SMILES string of the molecule is C[C@H](C1CCN(Cc2ccc(O)cc2)CC1)N1CCOCC1. The van der Waals surface area contributed by atoms with Crippen molar-refractivity contribution >= 4 is 0 Å². The van der Waals surface area contributed by atoms with Crippen molar-refractivity contribution < 1.29 is 9.84 Å². The Balaban J connectivity index is 1.46. The monoisotopic (exact) mass is 304 g/mol. The average molecular weight is 304 g/mol. The molecule has 1 aromatic rings. The highest BCUT2D eigenvalue weighted by atomic mass is 16.5.